The van der Waals surface area contributed by atoms with Crippen molar-refractivity contribution in [3.8, 4) is 0 Å². The third kappa shape index (κ3) is 1.33. The number of nitro benzene ring substituents is 1. The standard InChI is InChI=1S/C8H6N4O2/c9-8-10-4-5-3-6(12(13)14)1-2-7(5)11-8/h1-4H,(H2,9,10,11). The molecule has 0 amide bonds. The molecule has 2 rings (SSSR count). The monoisotopic (exact) mass is 190 g/mol. The Kier molecular flexibility index (Phi) is 1.74. The molecule has 1 aromatic heterocycles. The topological polar surface area (TPSA) is 94.9 Å². The summed E-state index contributed by atoms with van der Waals surface area (Å²) >= 11 is 0. The Hall–Kier alpha value is -2.24. The van der Waals surface area contributed by atoms with Gasteiger partial charge in [0.25, 0.3) is 5.69 Å². The van der Waals surface area contributed by atoms with Crippen LogP contribution in [-0.4, -0.2) is 14.9 Å². The molecule has 1 heterocycles. The molecule has 0 bridgehead atoms. The molecule has 6 nitrogen and oxygen atoms in total. The zero-order chi connectivity index (χ0) is 10.1. The van der Waals surface area contributed by atoms with Gasteiger partial charge in [0.15, 0.2) is 0 Å². The van der Waals surface area contributed by atoms with Crippen LogP contribution in [0.4, 0.5) is 11.6 Å². The summed E-state index contributed by atoms with van der Waals surface area (Å²) in [7, 11) is 0. The van der Waals surface area contributed by atoms with E-state index in [0.29, 0.717) is 10.9 Å². The normalized spacial score (nSPS) is 10.3. The molecule has 1 aromatic carbocycles. The van der Waals surface area contributed by atoms with E-state index >= 15 is 0 Å². The molecule has 0 aliphatic rings. The maximum Gasteiger partial charge on any atom is 0.270 e. The van der Waals surface area contributed by atoms with Crippen molar-refractivity contribution < 1.29 is 4.92 Å². The first kappa shape index (κ1) is 8.36. The van der Waals surface area contributed by atoms with Gasteiger partial charge >= 0.3 is 0 Å². The van der Waals surface area contributed by atoms with Crippen LogP contribution in [0.25, 0.3) is 10.9 Å². The second-order valence-corrected chi connectivity index (χ2v) is 2.73. The van der Waals surface area contributed by atoms with E-state index in [-0.39, 0.29) is 11.6 Å². The van der Waals surface area contributed by atoms with E-state index in [0.717, 1.165) is 0 Å². The van der Waals surface area contributed by atoms with Gasteiger partial charge in [0, 0.05) is 23.7 Å². The van der Waals surface area contributed by atoms with Gasteiger partial charge in [0.1, 0.15) is 0 Å². The molecule has 0 unspecified atom stereocenters. The first-order valence-corrected chi connectivity index (χ1v) is 3.83. The van der Waals surface area contributed by atoms with Crippen LogP contribution in [0.3, 0.4) is 0 Å². The van der Waals surface area contributed by atoms with Crippen LogP contribution in [0.2, 0.25) is 0 Å². The van der Waals surface area contributed by atoms with Crippen LogP contribution in [0.1, 0.15) is 0 Å². The number of rotatable bonds is 1. The first-order chi connectivity index (χ1) is 6.66. The van der Waals surface area contributed by atoms with Gasteiger partial charge in [-0.3, -0.25) is 10.1 Å². The Morgan fingerprint density at radius 3 is 2.93 bits per heavy atom. The van der Waals surface area contributed by atoms with Crippen molar-refractivity contribution in [2.75, 3.05) is 5.73 Å². The predicted molar refractivity (Wildman–Crippen MR) is 50.6 cm³/mol. The lowest BCUT2D eigenvalue weighted by atomic mass is 10.2. The van der Waals surface area contributed by atoms with Crippen LogP contribution >= 0.6 is 0 Å². The summed E-state index contributed by atoms with van der Waals surface area (Å²) in [4.78, 5) is 17.7. The first-order valence-electron chi connectivity index (χ1n) is 3.83. The minimum Gasteiger partial charge on any atom is -0.368 e. The van der Waals surface area contributed by atoms with E-state index in [9.17, 15) is 10.1 Å². The fraction of sp³-hybridized carbons (Fsp3) is 0. The van der Waals surface area contributed by atoms with E-state index in [2.05, 4.69) is 9.97 Å². The van der Waals surface area contributed by atoms with Gasteiger partial charge in [-0.25, -0.2) is 9.97 Å². The fourth-order valence-corrected chi connectivity index (χ4v) is 1.15. The maximum atomic E-state index is 10.5. The smallest absolute Gasteiger partial charge is 0.270 e. The Morgan fingerprint density at radius 2 is 2.21 bits per heavy atom. The Balaban J connectivity index is 2.67. The molecule has 0 aliphatic carbocycles. The number of fused-ring (bicyclic) bond motifs is 1. The van der Waals surface area contributed by atoms with Gasteiger partial charge in [-0.05, 0) is 6.07 Å². The minimum absolute atomic E-state index is 0.0193. The van der Waals surface area contributed by atoms with Gasteiger partial charge in [0.05, 0.1) is 10.4 Å². The summed E-state index contributed by atoms with van der Waals surface area (Å²) in [5.74, 6) is 0.159. The maximum absolute atomic E-state index is 10.5. The molecule has 0 fully saturated rings. The van der Waals surface area contributed by atoms with Crippen LogP contribution in [0.5, 0.6) is 0 Å². The number of aromatic nitrogens is 2. The highest BCUT2D eigenvalue weighted by molar-refractivity contribution is 5.80. The SMILES string of the molecule is Nc1ncc2cc([N+](=O)[O-])ccc2n1. The van der Waals surface area contributed by atoms with E-state index < -0.39 is 4.92 Å². The van der Waals surface area contributed by atoms with Crippen LogP contribution in [-0.2, 0) is 0 Å². The Bertz CT molecular complexity index is 512. The lowest BCUT2D eigenvalue weighted by Crippen LogP contribution is -1.94. The summed E-state index contributed by atoms with van der Waals surface area (Å²) in [6.07, 6.45) is 1.46. The molecule has 14 heavy (non-hydrogen) atoms. The highest BCUT2D eigenvalue weighted by Crippen LogP contribution is 2.18. The van der Waals surface area contributed by atoms with Crippen molar-refractivity contribution >= 4 is 22.5 Å². The summed E-state index contributed by atoms with van der Waals surface area (Å²) in [6.45, 7) is 0. The Labute approximate surface area is 78.5 Å². The van der Waals surface area contributed by atoms with Crippen molar-refractivity contribution in [1.29, 1.82) is 0 Å². The molecule has 0 radical (unpaired) electrons. The van der Waals surface area contributed by atoms with Crippen LogP contribution in [0.15, 0.2) is 24.4 Å². The molecular weight excluding hydrogens is 184 g/mol. The molecule has 0 aliphatic heterocycles. The number of nitrogens with zero attached hydrogens (tertiary/aromatic N) is 3. The van der Waals surface area contributed by atoms with Gasteiger partial charge in [-0.1, -0.05) is 0 Å². The molecule has 0 atom stereocenters. The molecular formula is C8H6N4O2. The predicted octanol–water partition coefficient (Wildman–Crippen LogP) is 1.12. The number of benzene rings is 1. The minimum atomic E-state index is -0.463. The zero-order valence-corrected chi connectivity index (χ0v) is 7.04. The lowest BCUT2D eigenvalue weighted by molar-refractivity contribution is -0.384. The third-order valence-corrected chi connectivity index (χ3v) is 1.79. The van der Waals surface area contributed by atoms with Crippen molar-refractivity contribution in [3.63, 3.8) is 0 Å². The average Bonchev–Trinajstić information content (AvgIpc) is 2.16. The van der Waals surface area contributed by atoms with Crippen molar-refractivity contribution in [3.05, 3.63) is 34.5 Å². The molecule has 2 aromatic rings. The molecule has 70 valence electrons. The van der Waals surface area contributed by atoms with E-state index in [1.54, 1.807) is 6.07 Å². The van der Waals surface area contributed by atoms with Crippen molar-refractivity contribution in [2.24, 2.45) is 0 Å². The van der Waals surface area contributed by atoms with Gasteiger partial charge in [0.2, 0.25) is 5.95 Å². The number of nitrogens with two attached hydrogens (primary N) is 1. The number of nitrogen functional groups attached to an aromatic ring is 1. The summed E-state index contributed by atoms with van der Waals surface area (Å²) < 4.78 is 0. The average molecular weight is 190 g/mol. The highest BCUT2D eigenvalue weighted by Gasteiger charge is 2.06. The Morgan fingerprint density at radius 1 is 1.43 bits per heavy atom. The number of hydrogen-bond acceptors (Lipinski definition) is 5. The lowest BCUT2D eigenvalue weighted by Gasteiger charge is -1.97. The van der Waals surface area contributed by atoms with Crippen molar-refractivity contribution in [1.82, 2.24) is 9.97 Å². The fourth-order valence-electron chi connectivity index (χ4n) is 1.15. The molecule has 2 N–H and O–H groups in total. The number of nitro groups is 1. The second-order valence-electron chi connectivity index (χ2n) is 2.73. The number of anilines is 1. The van der Waals surface area contributed by atoms with Crippen LogP contribution < -0.4 is 5.73 Å². The van der Waals surface area contributed by atoms with Gasteiger partial charge in [-0.15, -0.1) is 0 Å². The van der Waals surface area contributed by atoms with Crippen LogP contribution in [0, 0.1) is 10.1 Å². The third-order valence-electron chi connectivity index (χ3n) is 1.79. The molecule has 0 saturated heterocycles. The van der Waals surface area contributed by atoms with Crippen molar-refractivity contribution in [2.45, 2.75) is 0 Å². The summed E-state index contributed by atoms with van der Waals surface area (Å²) in [5.41, 5.74) is 5.99. The molecule has 0 saturated carbocycles. The highest BCUT2D eigenvalue weighted by atomic mass is 16.6. The quantitative estimate of drug-likeness (QED) is 0.537. The number of hydrogen-bond donors (Lipinski definition) is 1. The molecule has 6 heteroatoms. The largest absolute Gasteiger partial charge is 0.368 e. The number of non-ortho nitro benzene ring substituents is 1. The summed E-state index contributed by atoms with van der Waals surface area (Å²) in [6, 6.07) is 4.34. The van der Waals surface area contributed by atoms with E-state index in [1.807, 2.05) is 0 Å². The van der Waals surface area contributed by atoms with Gasteiger partial charge in [-0.2, -0.15) is 0 Å². The second kappa shape index (κ2) is 2.91. The zero-order valence-electron chi connectivity index (χ0n) is 7.04. The van der Waals surface area contributed by atoms with E-state index in [4.69, 9.17) is 5.73 Å². The molecule has 0 spiro atoms. The van der Waals surface area contributed by atoms with E-state index in [1.165, 1.54) is 18.3 Å². The summed E-state index contributed by atoms with van der Waals surface area (Å²) in [5, 5.41) is 11.1. The van der Waals surface area contributed by atoms with Gasteiger partial charge < -0.3 is 5.73 Å².